The summed E-state index contributed by atoms with van der Waals surface area (Å²) in [5, 5.41) is 9.66. The van der Waals surface area contributed by atoms with Gasteiger partial charge in [-0.3, -0.25) is 19.5 Å². The van der Waals surface area contributed by atoms with Crippen LogP contribution in [0, 0.1) is 5.92 Å². The second-order valence-electron chi connectivity index (χ2n) is 5.31. The minimum Gasteiger partial charge on any atom is -0.393 e. The highest BCUT2D eigenvalue weighted by Crippen LogP contribution is 2.28. The van der Waals surface area contributed by atoms with Crippen LogP contribution in [0.2, 0.25) is 0 Å². The predicted molar refractivity (Wildman–Crippen MR) is 67.6 cm³/mol. The number of carbonyl (C=O) groups is 2. The molecule has 1 aromatic heterocycles. The van der Waals surface area contributed by atoms with E-state index in [1.807, 2.05) is 0 Å². The number of rotatable bonds is 2. The average Bonchev–Trinajstić information content (AvgIpc) is 2.65. The van der Waals surface area contributed by atoms with E-state index in [1.165, 1.54) is 11.1 Å². The van der Waals surface area contributed by atoms with Gasteiger partial charge in [-0.1, -0.05) is 6.42 Å². The second-order valence-corrected chi connectivity index (χ2v) is 5.31. The first-order valence-electron chi connectivity index (χ1n) is 6.66. The maximum Gasteiger partial charge on any atom is 0.280 e. The zero-order chi connectivity index (χ0) is 13.4. The summed E-state index contributed by atoms with van der Waals surface area (Å²) in [4.78, 5) is 29.6. The lowest BCUT2D eigenvalue weighted by atomic mass is 9.87. The standard InChI is InChI=1S/C14H16N2O3/c17-10-4-1-3-9(7-10)8-16-13(18)11-5-2-6-15-12(11)14(16)19/h2,5-6,9-10,17H,1,3-4,7-8H2. The number of pyridine rings is 1. The zero-order valence-electron chi connectivity index (χ0n) is 10.6. The van der Waals surface area contributed by atoms with Gasteiger partial charge in [0.25, 0.3) is 11.8 Å². The van der Waals surface area contributed by atoms with Crippen LogP contribution >= 0.6 is 0 Å². The Morgan fingerprint density at radius 2 is 2.16 bits per heavy atom. The number of aromatic nitrogens is 1. The normalized spacial score (nSPS) is 26.7. The molecule has 1 aromatic rings. The van der Waals surface area contributed by atoms with E-state index in [0.29, 0.717) is 18.5 Å². The minimum absolute atomic E-state index is 0.200. The molecule has 1 saturated carbocycles. The molecule has 0 bridgehead atoms. The second kappa shape index (κ2) is 4.74. The van der Waals surface area contributed by atoms with E-state index < -0.39 is 0 Å². The summed E-state index contributed by atoms with van der Waals surface area (Å²) in [5.74, 6) is -0.361. The van der Waals surface area contributed by atoms with Gasteiger partial charge in [0.1, 0.15) is 5.69 Å². The molecular formula is C14H16N2O3. The number of aliphatic hydroxyl groups is 1. The molecular weight excluding hydrogens is 244 g/mol. The summed E-state index contributed by atoms with van der Waals surface area (Å²) in [5.41, 5.74) is 0.646. The monoisotopic (exact) mass is 260 g/mol. The molecule has 5 heteroatoms. The van der Waals surface area contributed by atoms with Crippen molar-refractivity contribution in [3.05, 3.63) is 29.6 Å². The van der Waals surface area contributed by atoms with Gasteiger partial charge in [0.15, 0.2) is 0 Å². The molecule has 1 aliphatic carbocycles. The number of hydrogen-bond donors (Lipinski definition) is 1. The molecule has 1 N–H and O–H groups in total. The first-order valence-corrected chi connectivity index (χ1v) is 6.66. The Morgan fingerprint density at radius 3 is 2.89 bits per heavy atom. The highest BCUT2D eigenvalue weighted by molar-refractivity contribution is 6.20. The first kappa shape index (κ1) is 12.3. The fraction of sp³-hybridized carbons (Fsp3) is 0.500. The van der Waals surface area contributed by atoms with Gasteiger partial charge in [0.05, 0.1) is 11.7 Å². The lowest BCUT2D eigenvalue weighted by molar-refractivity contribution is 0.0539. The maximum absolute atomic E-state index is 12.2. The van der Waals surface area contributed by atoms with Gasteiger partial charge in [-0.2, -0.15) is 0 Å². The van der Waals surface area contributed by atoms with Crippen LogP contribution in [0.1, 0.15) is 46.5 Å². The van der Waals surface area contributed by atoms with Crippen molar-refractivity contribution in [2.75, 3.05) is 6.54 Å². The van der Waals surface area contributed by atoms with E-state index in [9.17, 15) is 14.7 Å². The first-order chi connectivity index (χ1) is 9.16. The summed E-state index contributed by atoms with van der Waals surface area (Å²) in [7, 11) is 0. The average molecular weight is 260 g/mol. The predicted octanol–water partition coefficient (Wildman–Crippen LogP) is 1.23. The molecule has 3 rings (SSSR count). The van der Waals surface area contributed by atoms with Crippen LogP contribution in [0.4, 0.5) is 0 Å². The molecule has 2 unspecified atom stereocenters. The third kappa shape index (κ3) is 2.14. The number of amides is 2. The van der Waals surface area contributed by atoms with E-state index in [1.54, 1.807) is 12.1 Å². The summed E-state index contributed by atoms with van der Waals surface area (Å²) in [6, 6.07) is 3.30. The molecule has 2 amide bonds. The van der Waals surface area contributed by atoms with Crippen molar-refractivity contribution in [3.63, 3.8) is 0 Å². The molecule has 0 saturated heterocycles. The fourth-order valence-corrected chi connectivity index (χ4v) is 2.97. The van der Waals surface area contributed by atoms with Crippen molar-refractivity contribution in [2.45, 2.75) is 31.8 Å². The van der Waals surface area contributed by atoms with Crippen molar-refractivity contribution in [1.29, 1.82) is 0 Å². The summed E-state index contributed by atoms with van der Waals surface area (Å²) >= 11 is 0. The number of aliphatic hydroxyl groups excluding tert-OH is 1. The molecule has 2 atom stereocenters. The van der Waals surface area contributed by atoms with E-state index in [-0.39, 0.29) is 29.5 Å². The van der Waals surface area contributed by atoms with Crippen LogP contribution in [0.25, 0.3) is 0 Å². The van der Waals surface area contributed by atoms with E-state index in [2.05, 4.69) is 4.98 Å². The molecule has 5 nitrogen and oxygen atoms in total. The molecule has 1 aliphatic heterocycles. The van der Waals surface area contributed by atoms with Crippen molar-refractivity contribution in [2.24, 2.45) is 5.92 Å². The Bertz CT molecular complexity index is 494. The Labute approximate surface area is 111 Å². The zero-order valence-corrected chi connectivity index (χ0v) is 10.6. The number of nitrogens with zero attached hydrogens (tertiary/aromatic N) is 2. The van der Waals surface area contributed by atoms with Crippen LogP contribution in [0.5, 0.6) is 0 Å². The maximum atomic E-state index is 12.2. The van der Waals surface area contributed by atoms with Crippen LogP contribution in [-0.4, -0.2) is 39.5 Å². The smallest absolute Gasteiger partial charge is 0.280 e. The lowest BCUT2D eigenvalue weighted by Crippen LogP contribution is -2.37. The van der Waals surface area contributed by atoms with Gasteiger partial charge < -0.3 is 5.11 Å². The summed E-state index contributed by atoms with van der Waals surface area (Å²) < 4.78 is 0. The van der Waals surface area contributed by atoms with Crippen molar-refractivity contribution >= 4 is 11.8 Å². The molecule has 100 valence electrons. The van der Waals surface area contributed by atoms with Gasteiger partial charge in [-0.15, -0.1) is 0 Å². The molecule has 1 fully saturated rings. The topological polar surface area (TPSA) is 70.5 Å². The SMILES string of the molecule is O=C1c2cccnc2C(=O)N1CC1CCCC(O)C1. The Kier molecular flexibility index (Phi) is 3.06. The summed E-state index contributed by atoms with van der Waals surface area (Å²) in [6.45, 7) is 0.394. The number of hydrogen-bond acceptors (Lipinski definition) is 4. The molecule has 0 aromatic carbocycles. The van der Waals surface area contributed by atoms with Crippen LogP contribution < -0.4 is 0 Å². The van der Waals surface area contributed by atoms with Gasteiger partial charge in [0.2, 0.25) is 0 Å². The van der Waals surface area contributed by atoms with Gasteiger partial charge in [-0.05, 0) is 37.3 Å². The molecule has 19 heavy (non-hydrogen) atoms. The highest BCUT2D eigenvalue weighted by Gasteiger charge is 2.38. The van der Waals surface area contributed by atoms with Crippen molar-refractivity contribution in [3.8, 4) is 0 Å². The number of imide groups is 1. The van der Waals surface area contributed by atoms with E-state index in [0.717, 1.165) is 19.3 Å². The Balaban J connectivity index is 1.77. The highest BCUT2D eigenvalue weighted by atomic mass is 16.3. The number of carbonyl (C=O) groups excluding carboxylic acids is 2. The molecule has 0 radical (unpaired) electrons. The molecule has 2 aliphatic rings. The van der Waals surface area contributed by atoms with Crippen molar-refractivity contribution in [1.82, 2.24) is 9.88 Å². The number of fused-ring (bicyclic) bond motifs is 1. The van der Waals surface area contributed by atoms with Crippen LogP contribution in [-0.2, 0) is 0 Å². The fourth-order valence-electron chi connectivity index (χ4n) is 2.97. The largest absolute Gasteiger partial charge is 0.393 e. The van der Waals surface area contributed by atoms with E-state index in [4.69, 9.17) is 0 Å². The third-order valence-corrected chi connectivity index (χ3v) is 3.93. The van der Waals surface area contributed by atoms with Gasteiger partial charge in [-0.25, -0.2) is 0 Å². The Morgan fingerprint density at radius 1 is 1.32 bits per heavy atom. The van der Waals surface area contributed by atoms with Crippen LogP contribution in [0.15, 0.2) is 18.3 Å². The molecule has 0 spiro atoms. The minimum atomic E-state index is -0.305. The summed E-state index contributed by atoms with van der Waals surface area (Å²) in [6.07, 6.45) is 4.62. The van der Waals surface area contributed by atoms with Crippen molar-refractivity contribution < 1.29 is 14.7 Å². The molecule has 2 heterocycles. The van der Waals surface area contributed by atoms with Crippen LogP contribution in [0.3, 0.4) is 0 Å². The lowest BCUT2D eigenvalue weighted by Gasteiger charge is -2.28. The van der Waals surface area contributed by atoms with E-state index >= 15 is 0 Å². The van der Waals surface area contributed by atoms with Gasteiger partial charge in [0, 0.05) is 12.7 Å². The van der Waals surface area contributed by atoms with Gasteiger partial charge >= 0.3 is 0 Å². The third-order valence-electron chi connectivity index (χ3n) is 3.93. The Hall–Kier alpha value is -1.75. The quantitative estimate of drug-likeness (QED) is 0.812.